The Hall–Kier alpha value is -1.27. The summed E-state index contributed by atoms with van der Waals surface area (Å²) in [6.45, 7) is 5.64. The van der Waals surface area contributed by atoms with E-state index in [0.29, 0.717) is 6.54 Å². The van der Waals surface area contributed by atoms with E-state index in [1.165, 1.54) is 11.3 Å². The normalized spacial score (nSPS) is 10.1. The van der Waals surface area contributed by atoms with Crippen LogP contribution in [-0.2, 0) is 13.0 Å². The zero-order valence-corrected chi connectivity index (χ0v) is 9.09. The summed E-state index contributed by atoms with van der Waals surface area (Å²) in [6, 6.07) is 0. The maximum Gasteiger partial charge on any atom is 0.102 e. The van der Waals surface area contributed by atoms with Crippen molar-refractivity contribution in [2.24, 2.45) is 0 Å². The summed E-state index contributed by atoms with van der Waals surface area (Å²) >= 11 is 0. The van der Waals surface area contributed by atoms with Crippen LogP contribution in [0.15, 0.2) is 0 Å². The van der Waals surface area contributed by atoms with Crippen molar-refractivity contribution in [2.75, 3.05) is 13.6 Å². The Labute approximate surface area is 85.5 Å². The molecule has 0 fully saturated rings. The van der Waals surface area contributed by atoms with Gasteiger partial charge in [0, 0.05) is 5.69 Å². The SMILES string of the molecule is C#CCn1nc(C)c(CCNC)c1C. The van der Waals surface area contributed by atoms with Gasteiger partial charge in [0.05, 0.1) is 5.69 Å². The summed E-state index contributed by atoms with van der Waals surface area (Å²) < 4.78 is 1.89. The fraction of sp³-hybridized carbons (Fsp3) is 0.545. The highest BCUT2D eigenvalue weighted by molar-refractivity contribution is 5.25. The Kier molecular flexibility index (Phi) is 3.73. The molecular formula is C11H17N3. The van der Waals surface area contributed by atoms with E-state index in [2.05, 4.69) is 23.3 Å². The molecule has 0 radical (unpaired) electrons. The minimum absolute atomic E-state index is 0.562. The summed E-state index contributed by atoms with van der Waals surface area (Å²) in [4.78, 5) is 0. The minimum atomic E-state index is 0.562. The molecule has 0 aliphatic heterocycles. The molecule has 1 aromatic heterocycles. The Morgan fingerprint density at radius 3 is 2.79 bits per heavy atom. The van der Waals surface area contributed by atoms with Crippen molar-refractivity contribution in [3.8, 4) is 12.3 Å². The molecule has 0 amide bonds. The molecule has 0 aliphatic carbocycles. The molecule has 14 heavy (non-hydrogen) atoms. The third-order valence-electron chi connectivity index (χ3n) is 2.40. The lowest BCUT2D eigenvalue weighted by Crippen LogP contribution is -2.11. The average molecular weight is 191 g/mol. The Morgan fingerprint density at radius 1 is 1.50 bits per heavy atom. The van der Waals surface area contributed by atoms with E-state index in [9.17, 15) is 0 Å². The number of rotatable bonds is 4. The molecule has 1 aromatic rings. The van der Waals surface area contributed by atoms with Gasteiger partial charge in [-0.2, -0.15) is 5.10 Å². The zero-order chi connectivity index (χ0) is 10.6. The van der Waals surface area contributed by atoms with Gasteiger partial charge in [-0.15, -0.1) is 6.42 Å². The Morgan fingerprint density at radius 2 is 2.21 bits per heavy atom. The first-order valence-electron chi connectivity index (χ1n) is 4.81. The van der Waals surface area contributed by atoms with E-state index >= 15 is 0 Å². The maximum absolute atomic E-state index is 5.27. The van der Waals surface area contributed by atoms with Gasteiger partial charge in [0.15, 0.2) is 0 Å². The van der Waals surface area contributed by atoms with Crippen LogP contribution >= 0.6 is 0 Å². The van der Waals surface area contributed by atoms with Crippen LogP contribution in [0.5, 0.6) is 0 Å². The molecule has 76 valence electrons. The monoisotopic (exact) mass is 191 g/mol. The van der Waals surface area contributed by atoms with Crippen LogP contribution in [0.1, 0.15) is 17.0 Å². The minimum Gasteiger partial charge on any atom is -0.319 e. The lowest BCUT2D eigenvalue weighted by atomic mass is 10.1. The summed E-state index contributed by atoms with van der Waals surface area (Å²) in [7, 11) is 1.95. The Balaban J connectivity index is 2.88. The van der Waals surface area contributed by atoms with Gasteiger partial charge < -0.3 is 5.32 Å². The number of terminal acetylenes is 1. The molecule has 0 spiro atoms. The van der Waals surface area contributed by atoms with Gasteiger partial charge in [-0.1, -0.05) is 5.92 Å². The molecule has 0 saturated heterocycles. The van der Waals surface area contributed by atoms with Gasteiger partial charge in [-0.25, -0.2) is 0 Å². The second kappa shape index (κ2) is 4.83. The van der Waals surface area contributed by atoms with Crippen LogP contribution in [0.4, 0.5) is 0 Å². The lowest BCUT2D eigenvalue weighted by Gasteiger charge is -2.01. The average Bonchev–Trinajstić information content (AvgIpc) is 2.41. The van der Waals surface area contributed by atoms with Crippen molar-refractivity contribution in [3.63, 3.8) is 0 Å². The third-order valence-corrected chi connectivity index (χ3v) is 2.40. The van der Waals surface area contributed by atoms with E-state index in [1.807, 2.05) is 18.7 Å². The van der Waals surface area contributed by atoms with Crippen LogP contribution in [-0.4, -0.2) is 23.4 Å². The quantitative estimate of drug-likeness (QED) is 0.716. The highest BCUT2D eigenvalue weighted by Crippen LogP contribution is 2.12. The van der Waals surface area contributed by atoms with Crippen molar-refractivity contribution in [1.29, 1.82) is 0 Å². The van der Waals surface area contributed by atoms with Crippen molar-refractivity contribution < 1.29 is 0 Å². The molecule has 3 heteroatoms. The second-order valence-corrected chi connectivity index (χ2v) is 3.36. The fourth-order valence-electron chi connectivity index (χ4n) is 1.59. The number of hydrogen-bond donors (Lipinski definition) is 1. The van der Waals surface area contributed by atoms with E-state index < -0.39 is 0 Å². The molecule has 0 saturated carbocycles. The van der Waals surface area contributed by atoms with Crippen LogP contribution < -0.4 is 5.32 Å². The van der Waals surface area contributed by atoms with Gasteiger partial charge in [0.25, 0.3) is 0 Å². The van der Waals surface area contributed by atoms with Crippen molar-refractivity contribution in [2.45, 2.75) is 26.8 Å². The third kappa shape index (κ3) is 2.15. The van der Waals surface area contributed by atoms with Gasteiger partial charge in [0.1, 0.15) is 6.54 Å². The lowest BCUT2D eigenvalue weighted by molar-refractivity contribution is 0.682. The van der Waals surface area contributed by atoms with Gasteiger partial charge in [0.2, 0.25) is 0 Å². The first kappa shape index (κ1) is 10.8. The molecule has 0 aromatic carbocycles. The molecule has 0 aliphatic rings. The molecule has 0 unspecified atom stereocenters. The fourth-order valence-corrected chi connectivity index (χ4v) is 1.59. The predicted octanol–water partition coefficient (Wildman–Crippen LogP) is 0.895. The first-order chi connectivity index (χ1) is 6.70. The van der Waals surface area contributed by atoms with Gasteiger partial charge in [-0.3, -0.25) is 4.68 Å². The molecular weight excluding hydrogens is 174 g/mol. The Bertz CT molecular complexity index is 344. The number of likely N-dealkylation sites (N-methyl/N-ethyl adjacent to an activating group) is 1. The van der Waals surface area contributed by atoms with Crippen molar-refractivity contribution >= 4 is 0 Å². The first-order valence-corrected chi connectivity index (χ1v) is 4.81. The number of hydrogen-bond acceptors (Lipinski definition) is 2. The summed E-state index contributed by atoms with van der Waals surface area (Å²) in [5.41, 5.74) is 3.60. The molecule has 1 rings (SSSR count). The standard InChI is InChI=1S/C11H17N3/c1-5-8-14-10(3)11(6-7-12-4)9(2)13-14/h1,12H,6-8H2,2-4H3. The number of aryl methyl sites for hydroxylation is 1. The van der Waals surface area contributed by atoms with Crippen molar-refractivity contribution in [3.05, 3.63) is 17.0 Å². The largest absolute Gasteiger partial charge is 0.319 e. The number of aromatic nitrogens is 2. The van der Waals surface area contributed by atoms with Crippen LogP contribution in [0.3, 0.4) is 0 Å². The summed E-state index contributed by atoms with van der Waals surface area (Å²) in [5.74, 6) is 2.61. The molecule has 0 atom stereocenters. The summed E-state index contributed by atoms with van der Waals surface area (Å²) in [6.07, 6.45) is 6.28. The van der Waals surface area contributed by atoms with Crippen LogP contribution in [0.2, 0.25) is 0 Å². The zero-order valence-electron chi connectivity index (χ0n) is 9.09. The number of nitrogens with zero attached hydrogens (tertiary/aromatic N) is 2. The van der Waals surface area contributed by atoms with Crippen molar-refractivity contribution in [1.82, 2.24) is 15.1 Å². The highest BCUT2D eigenvalue weighted by Gasteiger charge is 2.09. The molecule has 0 bridgehead atoms. The van der Waals surface area contributed by atoms with E-state index in [1.54, 1.807) is 0 Å². The molecule has 1 N–H and O–H groups in total. The highest BCUT2D eigenvalue weighted by atomic mass is 15.3. The summed E-state index contributed by atoms with van der Waals surface area (Å²) in [5, 5.41) is 7.53. The van der Waals surface area contributed by atoms with Crippen LogP contribution in [0.25, 0.3) is 0 Å². The molecule has 3 nitrogen and oxygen atoms in total. The van der Waals surface area contributed by atoms with Crippen LogP contribution in [0, 0.1) is 26.2 Å². The maximum atomic E-state index is 5.27. The van der Waals surface area contributed by atoms with E-state index in [-0.39, 0.29) is 0 Å². The van der Waals surface area contributed by atoms with Gasteiger partial charge in [-0.05, 0) is 39.4 Å². The second-order valence-electron chi connectivity index (χ2n) is 3.36. The van der Waals surface area contributed by atoms with Gasteiger partial charge >= 0.3 is 0 Å². The van der Waals surface area contributed by atoms with E-state index in [0.717, 1.165) is 18.7 Å². The van der Waals surface area contributed by atoms with E-state index in [4.69, 9.17) is 6.42 Å². The smallest absolute Gasteiger partial charge is 0.102 e. The number of nitrogens with one attached hydrogen (secondary N) is 1. The topological polar surface area (TPSA) is 29.9 Å². The predicted molar refractivity (Wildman–Crippen MR) is 58.2 cm³/mol. The molecule has 1 heterocycles.